The minimum atomic E-state index is -0.408. The van der Waals surface area contributed by atoms with Gasteiger partial charge in [0.1, 0.15) is 11.3 Å². The van der Waals surface area contributed by atoms with Crippen LogP contribution in [0.2, 0.25) is 0 Å². The number of benzene rings is 2. The summed E-state index contributed by atoms with van der Waals surface area (Å²) in [6.45, 7) is 6.55. The Morgan fingerprint density at radius 2 is 1.64 bits per heavy atom. The highest BCUT2D eigenvalue weighted by Gasteiger charge is 2.26. The Morgan fingerprint density at radius 3 is 2.36 bits per heavy atom. The van der Waals surface area contributed by atoms with Gasteiger partial charge < -0.3 is 19.7 Å². The van der Waals surface area contributed by atoms with Gasteiger partial charge in [-0.1, -0.05) is 62.8 Å². The number of hydrogen-bond acceptors (Lipinski definition) is 5. The second-order valence-electron chi connectivity index (χ2n) is 11.0. The molecule has 0 aromatic heterocycles. The van der Waals surface area contributed by atoms with Crippen LogP contribution in [-0.2, 0) is 16.0 Å². The number of amides is 1. The smallest absolute Gasteiger partial charge is 0.341 e. The first-order valence-corrected chi connectivity index (χ1v) is 15.1. The predicted molar refractivity (Wildman–Crippen MR) is 156 cm³/mol. The highest BCUT2D eigenvalue weighted by molar-refractivity contribution is 5.93. The van der Waals surface area contributed by atoms with Gasteiger partial charge in [-0.3, -0.25) is 4.79 Å². The minimum absolute atomic E-state index is 0.00611. The van der Waals surface area contributed by atoms with Gasteiger partial charge in [-0.05, 0) is 74.8 Å². The molecule has 2 fully saturated rings. The van der Waals surface area contributed by atoms with Crippen molar-refractivity contribution in [1.29, 1.82) is 0 Å². The average Bonchev–Trinajstić information content (AvgIpc) is 3.22. The lowest BCUT2D eigenvalue weighted by molar-refractivity contribution is -0.121. The number of ether oxygens (including phenoxy) is 2. The molecule has 1 amide bonds. The van der Waals surface area contributed by atoms with Crippen LogP contribution in [0.1, 0.15) is 106 Å². The summed E-state index contributed by atoms with van der Waals surface area (Å²) in [5, 5.41) is 3.44. The van der Waals surface area contributed by atoms with Crippen LogP contribution in [0.25, 0.3) is 0 Å². The van der Waals surface area contributed by atoms with Crippen molar-refractivity contribution < 1.29 is 19.1 Å². The molecule has 2 aromatic rings. The van der Waals surface area contributed by atoms with Crippen molar-refractivity contribution in [3.05, 3.63) is 59.2 Å². The molecule has 1 N–H and O–H groups in total. The SMILES string of the molecule is CCOC(=O)c1ccc(CC(=O)NC(CC2CCCCCC2)c2ccccc2N2CCCCC2)cc1OCC. The molecule has 1 saturated heterocycles. The number of nitrogens with zero attached hydrogens (tertiary/aromatic N) is 1. The molecular weight excluding hydrogens is 488 g/mol. The standard InChI is InChI=1S/C33H46N2O4/c1-3-38-31-23-26(18-19-28(31)33(37)39-4-2)24-32(36)34-29(22-25-14-8-5-6-9-15-25)27-16-10-11-17-30(27)35-20-12-7-13-21-35/h10-11,16-19,23,25,29H,3-9,12-15,20-22,24H2,1-2H3,(H,34,36). The highest BCUT2D eigenvalue weighted by Crippen LogP contribution is 2.36. The van der Waals surface area contributed by atoms with Crippen LogP contribution in [-0.4, -0.2) is 38.2 Å². The van der Waals surface area contributed by atoms with Crippen LogP contribution >= 0.6 is 0 Å². The molecule has 1 heterocycles. The Bertz CT molecular complexity index is 1070. The Kier molecular flexibility index (Phi) is 11.1. The normalized spacial score (nSPS) is 17.2. The molecular formula is C33H46N2O4. The molecule has 39 heavy (non-hydrogen) atoms. The minimum Gasteiger partial charge on any atom is -0.493 e. The lowest BCUT2D eigenvalue weighted by Crippen LogP contribution is -2.35. The first-order chi connectivity index (χ1) is 19.1. The zero-order chi connectivity index (χ0) is 27.5. The molecule has 0 spiro atoms. The lowest BCUT2D eigenvalue weighted by atomic mass is 9.88. The predicted octanol–water partition coefficient (Wildman–Crippen LogP) is 7.01. The molecule has 2 aromatic carbocycles. The number of carbonyl (C=O) groups excluding carboxylic acids is 2. The van der Waals surface area contributed by atoms with E-state index in [0.29, 0.717) is 30.4 Å². The average molecular weight is 535 g/mol. The largest absolute Gasteiger partial charge is 0.493 e. The molecule has 4 rings (SSSR count). The Labute approximate surface area is 234 Å². The van der Waals surface area contributed by atoms with Gasteiger partial charge in [-0.25, -0.2) is 4.79 Å². The molecule has 1 aliphatic heterocycles. The molecule has 6 heteroatoms. The van der Waals surface area contributed by atoms with E-state index in [-0.39, 0.29) is 18.4 Å². The van der Waals surface area contributed by atoms with Gasteiger partial charge in [0.05, 0.1) is 25.7 Å². The Hall–Kier alpha value is -3.02. The van der Waals surface area contributed by atoms with Crippen LogP contribution in [0.4, 0.5) is 5.69 Å². The fraction of sp³-hybridized carbons (Fsp3) is 0.576. The van der Waals surface area contributed by atoms with Gasteiger partial charge in [0.15, 0.2) is 0 Å². The molecule has 0 radical (unpaired) electrons. The van der Waals surface area contributed by atoms with E-state index in [1.807, 2.05) is 13.0 Å². The quantitative estimate of drug-likeness (QED) is 0.248. The summed E-state index contributed by atoms with van der Waals surface area (Å²) in [7, 11) is 0. The van der Waals surface area contributed by atoms with E-state index in [4.69, 9.17) is 9.47 Å². The van der Waals surface area contributed by atoms with Crippen LogP contribution in [0.3, 0.4) is 0 Å². The van der Waals surface area contributed by atoms with Gasteiger partial charge in [0.2, 0.25) is 5.91 Å². The highest BCUT2D eigenvalue weighted by atomic mass is 16.5. The van der Waals surface area contributed by atoms with Gasteiger partial charge in [0, 0.05) is 18.8 Å². The summed E-state index contributed by atoms with van der Waals surface area (Å²) >= 11 is 0. The van der Waals surface area contributed by atoms with Crippen molar-refractivity contribution in [2.75, 3.05) is 31.2 Å². The van der Waals surface area contributed by atoms with Crippen LogP contribution in [0.5, 0.6) is 5.75 Å². The number of esters is 1. The second kappa shape index (κ2) is 14.9. The summed E-state index contributed by atoms with van der Waals surface area (Å²) in [6.07, 6.45) is 12.6. The number of piperidine rings is 1. The monoisotopic (exact) mass is 534 g/mol. The third-order valence-electron chi connectivity index (χ3n) is 8.09. The number of hydrogen-bond donors (Lipinski definition) is 1. The first-order valence-electron chi connectivity index (χ1n) is 15.1. The summed E-state index contributed by atoms with van der Waals surface area (Å²) in [6, 6.07) is 14.0. The maximum atomic E-state index is 13.5. The molecule has 1 atom stereocenters. The Balaban J connectivity index is 1.55. The van der Waals surface area contributed by atoms with E-state index in [1.54, 1.807) is 19.1 Å². The zero-order valence-corrected chi connectivity index (χ0v) is 23.9. The fourth-order valence-electron chi connectivity index (χ4n) is 6.16. The van der Waals surface area contributed by atoms with Crippen molar-refractivity contribution in [1.82, 2.24) is 5.32 Å². The summed E-state index contributed by atoms with van der Waals surface area (Å²) in [5.74, 6) is 0.676. The van der Waals surface area contributed by atoms with Crippen molar-refractivity contribution >= 4 is 17.6 Å². The fourth-order valence-corrected chi connectivity index (χ4v) is 6.16. The van der Waals surface area contributed by atoms with Gasteiger partial charge in [-0.2, -0.15) is 0 Å². The molecule has 1 unspecified atom stereocenters. The number of carbonyl (C=O) groups is 2. The van der Waals surface area contributed by atoms with Gasteiger partial charge >= 0.3 is 5.97 Å². The van der Waals surface area contributed by atoms with E-state index >= 15 is 0 Å². The number of para-hydroxylation sites is 1. The van der Waals surface area contributed by atoms with Crippen LogP contribution in [0.15, 0.2) is 42.5 Å². The van der Waals surface area contributed by atoms with Crippen molar-refractivity contribution in [3.63, 3.8) is 0 Å². The van der Waals surface area contributed by atoms with E-state index < -0.39 is 5.97 Å². The maximum Gasteiger partial charge on any atom is 0.341 e. The summed E-state index contributed by atoms with van der Waals surface area (Å²) < 4.78 is 10.9. The summed E-state index contributed by atoms with van der Waals surface area (Å²) in [4.78, 5) is 28.4. The van der Waals surface area contributed by atoms with Crippen LogP contribution < -0.4 is 15.0 Å². The number of anilines is 1. The van der Waals surface area contributed by atoms with E-state index in [9.17, 15) is 9.59 Å². The van der Waals surface area contributed by atoms with Gasteiger partial charge in [0.25, 0.3) is 0 Å². The van der Waals surface area contributed by atoms with E-state index in [0.717, 1.165) is 25.1 Å². The zero-order valence-electron chi connectivity index (χ0n) is 23.9. The first kappa shape index (κ1) is 29.0. The van der Waals surface area contributed by atoms with Crippen molar-refractivity contribution in [2.24, 2.45) is 5.92 Å². The second-order valence-corrected chi connectivity index (χ2v) is 11.0. The van der Waals surface area contributed by atoms with Crippen molar-refractivity contribution in [3.8, 4) is 5.75 Å². The summed E-state index contributed by atoms with van der Waals surface area (Å²) in [5.41, 5.74) is 3.73. The van der Waals surface area contributed by atoms with E-state index in [2.05, 4.69) is 34.5 Å². The third kappa shape index (κ3) is 8.23. The molecule has 1 saturated carbocycles. The molecule has 1 aliphatic carbocycles. The van der Waals surface area contributed by atoms with Crippen molar-refractivity contribution in [2.45, 2.75) is 90.5 Å². The third-order valence-corrected chi connectivity index (χ3v) is 8.09. The number of rotatable bonds is 11. The van der Waals surface area contributed by atoms with Gasteiger partial charge in [-0.15, -0.1) is 0 Å². The number of nitrogens with one attached hydrogen (secondary N) is 1. The molecule has 6 nitrogen and oxygen atoms in total. The Morgan fingerprint density at radius 1 is 0.923 bits per heavy atom. The van der Waals surface area contributed by atoms with E-state index in [1.165, 1.54) is 69.0 Å². The maximum absolute atomic E-state index is 13.5. The molecule has 212 valence electrons. The molecule has 2 aliphatic rings. The van der Waals surface area contributed by atoms with Crippen LogP contribution in [0, 0.1) is 5.92 Å². The topological polar surface area (TPSA) is 67.9 Å². The molecule has 0 bridgehead atoms. The lowest BCUT2D eigenvalue weighted by Gasteiger charge is -2.33.